The van der Waals surface area contributed by atoms with Gasteiger partial charge in [0.15, 0.2) is 0 Å². The Morgan fingerprint density at radius 3 is 2.64 bits per heavy atom. The van der Waals surface area contributed by atoms with Crippen LogP contribution in [-0.2, 0) is 0 Å². The Morgan fingerprint density at radius 1 is 1.43 bits per heavy atom. The SMILES string of the molecule is Cc1cccc(OC(C)(C)CN)c1Cl. The molecule has 0 aliphatic rings. The summed E-state index contributed by atoms with van der Waals surface area (Å²) in [6, 6.07) is 5.72. The maximum absolute atomic E-state index is 6.09. The monoisotopic (exact) mass is 213 g/mol. The predicted octanol–water partition coefficient (Wildman–Crippen LogP) is 2.76. The standard InChI is InChI=1S/C11H16ClNO/c1-8-5-4-6-9(10(8)12)14-11(2,3)7-13/h4-6H,7,13H2,1-3H3. The number of hydrogen-bond donors (Lipinski definition) is 1. The summed E-state index contributed by atoms with van der Waals surface area (Å²) in [6.45, 7) is 6.28. The lowest BCUT2D eigenvalue weighted by Crippen LogP contribution is -2.37. The molecule has 0 aliphatic carbocycles. The van der Waals surface area contributed by atoms with E-state index in [0.29, 0.717) is 17.3 Å². The lowest BCUT2D eigenvalue weighted by atomic mass is 10.1. The van der Waals surface area contributed by atoms with Crippen LogP contribution in [0.3, 0.4) is 0 Å². The van der Waals surface area contributed by atoms with E-state index in [0.717, 1.165) is 5.56 Å². The van der Waals surface area contributed by atoms with Gasteiger partial charge in [0.1, 0.15) is 11.4 Å². The molecule has 0 atom stereocenters. The third-order valence-corrected chi connectivity index (χ3v) is 2.52. The summed E-state index contributed by atoms with van der Waals surface area (Å²) in [5.74, 6) is 0.696. The van der Waals surface area contributed by atoms with Gasteiger partial charge >= 0.3 is 0 Å². The Labute approximate surface area is 90.0 Å². The summed E-state index contributed by atoms with van der Waals surface area (Å²) in [7, 11) is 0. The second-order valence-corrected chi connectivity index (χ2v) is 4.33. The van der Waals surface area contributed by atoms with E-state index in [9.17, 15) is 0 Å². The molecule has 0 radical (unpaired) electrons. The molecule has 0 bridgehead atoms. The molecule has 2 N–H and O–H groups in total. The summed E-state index contributed by atoms with van der Waals surface area (Å²) in [5.41, 5.74) is 6.21. The lowest BCUT2D eigenvalue weighted by molar-refractivity contribution is 0.119. The summed E-state index contributed by atoms with van der Waals surface area (Å²) in [5, 5.41) is 0.661. The van der Waals surface area contributed by atoms with Gasteiger partial charge in [0.05, 0.1) is 5.02 Å². The van der Waals surface area contributed by atoms with Gasteiger partial charge in [0.25, 0.3) is 0 Å². The highest BCUT2D eigenvalue weighted by Gasteiger charge is 2.18. The van der Waals surface area contributed by atoms with E-state index in [-0.39, 0.29) is 5.60 Å². The lowest BCUT2D eigenvalue weighted by Gasteiger charge is -2.25. The number of aryl methyl sites for hydroxylation is 1. The molecule has 0 aliphatic heterocycles. The summed E-state index contributed by atoms with van der Waals surface area (Å²) < 4.78 is 5.71. The first kappa shape index (κ1) is 11.3. The van der Waals surface area contributed by atoms with Gasteiger partial charge < -0.3 is 10.5 Å². The minimum absolute atomic E-state index is 0.378. The Bertz CT molecular complexity index is 323. The van der Waals surface area contributed by atoms with Crippen molar-refractivity contribution in [3.63, 3.8) is 0 Å². The third kappa shape index (κ3) is 2.63. The van der Waals surface area contributed by atoms with Crippen molar-refractivity contribution in [2.75, 3.05) is 6.54 Å². The van der Waals surface area contributed by atoms with E-state index >= 15 is 0 Å². The fourth-order valence-corrected chi connectivity index (χ4v) is 1.20. The zero-order valence-corrected chi connectivity index (χ0v) is 9.56. The van der Waals surface area contributed by atoms with Crippen LogP contribution in [0.15, 0.2) is 18.2 Å². The normalized spacial score (nSPS) is 11.5. The predicted molar refractivity (Wildman–Crippen MR) is 60.0 cm³/mol. The molecule has 0 aromatic heterocycles. The van der Waals surface area contributed by atoms with Crippen LogP contribution in [0.4, 0.5) is 0 Å². The molecule has 1 rings (SSSR count). The highest BCUT2D eigenvalue weighted by atomic mass is 35.5. The maximum Gasteiger partial charge on any atom is 0.139 e. The maximum atomic E-state index is 6.09. The molecule has 0 spiro atoms. The largest absolute Gasteiger partial charge is 0.485 e. The minimum Gasteiger partial charge on any atom is -0.485 e. The van der Waals surface area contributed by atoms with Gasteiger partial charge in [0.2, 0.25) is 0 Å². The molecule has 0 unspecified atom stereocenters. The molecule has 0 amide bonds. The number of benzene rings is 1. The van der Waals surface area contributed by atoms with E-state index in [1.54, 1.807) is 0 Å². The van der Waals surface area contributed by atoms with Crippen LogP contribution in [0, 0.1) is 6.92 Å². The van der Waals surface area contributed by atoms with Crippen molar-refractivity contribution in [3.05, 3.63) is 28.8 Å². The van der Waals surface area contributed by atoms with Crippen molar-refractivity contribution >= 4 is 11.6 Å². The van der Waals surface area contributed by atoms with Crippen molar-refractivity contribution in [3.8, 4) is 5.75 Å². The van der Waals surface area contributed by atoms with Gasteiger partial charge in [-0.3, -0.25) is 0 Å². The molecular formula is C11H16ClNO. The average Bonchev–Trinajstić information content (AvgIpc) is 2.13. The van der Waals surface area contributed by atoms with Gasteiger partial charge in [-0.2, -0.15) is 0 Å². The van der Waals surface area contributed by atoms with E-state index in [1.165, 1.54) is 0 Å². The number of rotatable bonds is 3. The summed E-state index contributed by atoms with van der Waals surface area (Å²) in [4.78, 5) is 0. The molecule has 0 heterocycles. The molecule has 3 heteroatoms. The first-order chi connectivity index (χ1) is 6.46. The van der Waals surface area contributed by atoms with Crippen molar-refractivity contribution in [2.45, 2.75) is 26.4 Å². The summed E-state index contributed by atoms with van der Waals surface area (Å²) in [6.07, 6.45) is 0. The van der Waals surface area contributed by atoms with Crippen molar-refractivity contribution in [1.82, 2.24) is 0 Å². The second kappa shape index (κ2) is 4.20. The van der Waals surface area contributed by atoms with Crippen molar-refractivity contribution in [2.24, 2.45) is 5.73 Å². The Kier molecular flexibility index (Phi) is 3.40. The number of ether oxygens (including phenoxy) is 1. The van der Waals surface area contributed by atoms with Crippen LogP contribution in [0.5, 0.6) is 5.75 Å². The molecule has 0 saturated carbocycles. The van der Waals surface area contributed by atoms with Crippen LogP contribution in [0.25, 0.3) is 0 Å². The Balaban J connectivity index is 2.92. The van der Waals surface area contributed by atoms with Crippen LogP contribution < -0.4 is 10.5 Å². The summed E-state index contributed by atoms with van der Waals surface area (Å²) >= 11 is 6.09. The highest BCUT2D eigenvalue weighted by Crippen LogP contribution is 2.29. The molecule has 1 aromatic carbocycles. The zero-order valence-electron chi connectivity index (χ0n) is 8.80. The van der Waals surface area contributed by atoms with E-state index in [4.69, 9.17) is 22.1 Å². The Hall–Kier alpha value is -0.730. The van der Waals surface area contributed by atoms with E-state index < -0.39 is 0 Å². The molecular weight excluding hydrogens is 198 g/mol. The Morgan fingerprint density at radius 2 is 2.07 bits per heavy atom. The van der Waals surface area contributed by atoms with E-state index in [2.05, 4.69) is 0 Å². The van der Waals surface area contributed by atoms with Crippen LogP contribution >= 0.6 is 11.6 Å². The van der Waals surface area contributed by atoms with Gasteiger partial charge in [-0.25, -0.2) is 0 Å². The first-order valence-corrected chi connectivity index (χ1v) is 4.98. The average molecular weight is 214 g/mol. The van der Waals surface area contributed by atoms with Crippen LogP contribution in [0.2, 0.25) is 5.02 Å². The highest BCUT2D eigenvalue weighted by molar-refractivity contribution is 6.32. The van der Waals surface area contributed by atoms with Gasteiger partial charge in [-0.05, 0) is 32.4 Å². The fourth-order valence-electron chi connectivity index (χ4n) is 1.04. The molecule has 0 saturated heterocycles. The molecule has 14 heavy (non-hydrogen) atoms. The molecule has 2 nitrogen and oxygen atoms in total. The first-order valence-electron chi connectivity index (χ1n) is 4.60. The van der Waals surface area contributed by atoms with Crippen molar-refractivity contribution < 1.29 is 4.74 Å². The van der Waals surface area contributed by atoms with Crippen molar-refractivity contribution in [1.29, 1.82) is 0 Å². The van der Waals surface area contributed by atoms with Gasteiger partial charge in [-0.1, -0.05) is 23.7 Å². The minimum atomic E-state index is -0.378. The molecule has 0 fully saturated rings. The number of halogens is 1. The van der Waals surface area contributed by atoms with Gasteiger partial charge in [0, 0.05) is 6.54 Å². The van der Waals surface area contributed by atoms with E-state index in [1.807, 2.05) is 39.0 Å². The second-order valence-electron chi connectivity index (χ2n) is 3.95. The molecule has 1 aromatic rings. The quantitative estimate of drug-likeness (QED) is 0.838. The topological polar surface area (TPSA) is 35.2 Å². The van der Waals surface area contributed by atoms with Crippen LogP contribution in [-0.4, -0.2) is 12.1 Å². The smallest absolute Gasteiger partial charge is 0.139 e. The van der Waals surface area contributed by atoms with Gasteiger partial charge in [-0.15, -0.1) is 0 Å². The number of nitrogens with two attached hydrogens (primary N) is 1. The fraction of sp³-hybridized carbons (Fsp3) is 0.455. The third-order valence-electron chi connectivity index (χ3n) is 2.03. The van der Waals surface area contributed by atoms with Crippen LogP contribution in [0.1, 0.15) is 19.4 Å². The zero-order chi connectivity index (χ0) is 10.8. The molecule has 78 valence electrons. The number of hydrogen-bond acceptors (Lipinski definition) is 2.